The van der Waals surface area contributed by atoms with Crippen LogP contribution in [0.4, 0.5) is 10.7 Å². The highest BCUT2D eigenvalue weighted by Gasteiger charge is 2.50. The standard InChI is InChI=1S/C23H27N3O4S/c1-4-24-19(27)18-14-10-6-9-13-17(14)31-20(18)25-21(28)23(3)22(29)26(5-2)15-11-7-8-12-16(15)30-23/h7-8,11-12H,4-6,9-10,13H2,1-3H3,(H,24,27)(H,25,28). The van der Waals surface area contributed by atoms with Crippen LogP contribution in [0.5, 0.6) is 5.75 Å². The number of nitrogens with one attached hydrogen (secondary N) is 2. The lowest BCUT2D eigenvalue weighted by molar-refractivity contribution is -0.145. The highest BCUT2D eigenvalue weighted by atomic mass is 32.1. The van der Waals surface area contributed by atoms with Crippen LogP contribution < -0.4 is 20.3 Å². The van der Waals surface area contributed by atoms with Crippen LogP contribution in [0.1, 0.15) is 54.4 Å². The number of nitrogens with zero attached hydrogens (tertiary/aromatic N) is 1. The van der Waals surface area contributed by atoms with Crippen LogP contribution in [0.3, 0.4) is 0 Å². The molecule has 0 saturated carbocycles. The number of ether oxygens (including phenoxy) is 1. The number of thiophene rings is 1. The van der Waals surface area contributed by atoms with Crippen molar-refractivity contribution in [2.24, 2.45) is 0 Å². The molecule has 8 heteroatoms. The van der Waals surface area contributed by atoms with Crippen LogP contribution in [0.25, 0.3) is 0 Å². The molecule has 1 aromatic heterocycles. The van der Waals surface area contributed by atoms with E-state index in [0.717, 1.165) is 36.1 Å². The Morgan fingerprint density at radius 1 is 1.19 bits per heavy atom. The smallest absolute Gasteiger partial charge is 0.280 e. The molecule has 1 aliphatic heterocycles. The second-order valence-electron chi connectivity index (χ2n) is 7.88. The summed E-state index contributed by atoms with van der Waals surface area (Å²) in [6.07, 6.45) is 3.80. The number of carbonyl (C=O) groups is 3. The molecule has 1 aliphatic carbocycles. The molecule has 0 radical (unpaired) electrons. The summed E-state index contributed by atoms with van der Waals surface area (Å²) in [5.41, 5.74) is 0.455. The Hall–Kier alpha value is -2.87. The van der Waals surface area contributed by atoms with Gasteiger partial charge in [0.2, 0.25) is 0 Å². The predicted molar refractivity (Wildman–Crippen MR) is 121 cm³/mol. The van der Waals surface area contributed by atoms with Gasteiger partial charge in [0.1, 0.15) is 10.8 Å². The van der Waals surface area contributed by atoms with Crippen LogP contribution in [-0.4, -0.2) is 36.4 Å². The van der Waals surface area contributed by atoms with Crippen molar-refractivity contribution in [2.75, 3.05) is 23.3 Å². The lowest BCUT2D eigenvalue weighted by atomic mass is 9.95. The van der Waals surface area contributed by atoms with E-state index in [1.807, 2.05) is 19.9 Å². The Morgan fingerprint density at radius 2 is 1.94 bits per heavy atom. The SMILES string of the molecule is CCNC(=O)c1c(NC(=O)C2(C)Oc3ccccc3N(CC)C2=O)sc2c1CCCC2. The molecule has 31 heavy (non-hydrogen) atoms. The Morgan fingerprint density at radius 3 is 2.68 bits per heavy atom. The first-order valence-corrected chi connectivity index (χ1v) is 11.6. The second kappa shape index (κ2) is 8.34. The van der Waals surface area contributed by atoms with E-state index in [1.54, 1.807) is 23.1 Å². The monoisotopic (exact) mass is 441 g/mol. The number of hydrogen-bond acceptors (Lipinski definition) is 5. The number of likely N-dealkylation sites (N-methyl/N-ethyl adjacent to an activating group) is 1. The molecule has 2 aromatic rings. The molecule has 0 saturated heterocycles. The van der Waals surface area contributed by atoms with Crippen LogP contribution in [0.15, 0.2) is 24.3 Å². The first kappa shape index (κ1) is 21.4. The van der Waals surface area contributed by atoms with Crippen LogP contribution in [-0.2, 0) is 22.4 Å². The minimum Gasteiger partial charge on any atom is -0.465 e. The summed E-state index contributed by atoms with van der Waals surface area (Å²) in [6, 6.07) is 7.19. The van der Waals surface area contributed by atoms with Crippen molar-refractivity contribution in [3.63, 3.8) is 0 Å². The third-order valence-electron chi connectivity index (χ3n) is 5.84. The van der Waals surface area contributed by atoms with E-state index < -0.39 is 17.4 Å². The van der Waals surface area contributed by atoms with Gasteiger partial charge in [-0.2, -0.15) is 0 Å². The van der Waals surface area contributed by atoms with Crippen molar-refractivity contribution in [1.29, 1.82) is 0 Å². The quantitative estimate of drug-likeness (QED) is 0.695. The molecule has 2 aliphatic rings. The highest BCUT2D eigenvalue weighted by Crippen LogP contribution is 2.41. The molecule has 7 nitrogen and oxygen atoms in total. The molecule has 164 valence electrons. The number of rotatable bonds is 5. The molecule has 1 atom stereocenters. The van der Waals surface area contributed by atoms with E-state index in [-0.39, 0.29) is 5.91 Å². The van der Waals surface area contributed by atoms with Gasteiger partial charge in [-0.05, 0) is 64.2 Å². The molecule has 0 fully saturated rings. The van der Waals surface area contributed by atoms with Gasteiger partial charge in [0.25, 0.3) is 23.3 Å². The van der Waals surface area contributed by atoms with Crippen molar-refractivity contribution < 1.29 is 19.1 Å². The van der Waals surface area contributed by atoms with Crippen LogP contribution in [0, 0.1) is 0 Å². The number of benzene rings is 1. The van der Waals surface area contributed by atoms with E-state index in [0.29, 0.717) is 35.1 Å². The van der Waals surface area contributed by atoms with Gasteiger partial charge >= 0.3 is 0 Å². The van der Waals surface area contributed by atoms with E-state index in [9.17, 15) is 14.4 Å². The fraction of sp³-hybridized carbons (Fsp3) is 0.435. The summed E-state index contributed by atoms with van der Waals surface area (Å²) in [6.45, 7) is 6.13. The van der Waals surface area contributed by atoms with Gasteiger partial charge < -0.3 is 20.3 Å². The molecule has 2 heterocycles. The Bertz CT molecular complexity index is 1050. The van der Waals surface area contributed by atoms with E-state index in [1.165, 1.54) is 18.3 Å². The molecular weight excluding hydrogens is 414 g/mol. The summed E-state index contributed by atoms with van der Waals surface area (Å²) in [5.74, 6) is -0.712. The normalized spacial score (nSPS) is 19.8. The number of carbonyl (C=O) groups excluding carboxylic acids is 3. The maximum absolute atomic E-state index is 13.4. The summed E-state index contributed by atoms with van der Waals surface area (Å²) in [7, 11) is 0. The largest absolute Gasteiger partial charge is 0.465 e. The van der Waals surface area contributed by atoms with Crippen molar-refractivity contribution >= 4 is 39.7 Å². The number of hydrogen-bond donors (Lipinski definition) is 2. The maximum Gasteiger partial charge on any atom is 0.280 e. The Balaban J connectivity index is 1.69. The third kappa shape index (κ3) is 3.59. The van der Waals surface area contributed by atoms with Gasteiger partial charge in [0.05, 0.1) is 11.3 Å². The highest BCUT2D eigenvalue weighted by molar-refractivity contribution is 7.17. The van der Waals surface area contributed by atoms with Crippen molar-refractivity contribution in [3.05, 3.63) is 40.3 Å². The number of amides is 3. The summed E-state index contributed by atoms with van der Waals surface area (Å²) >= 11 is 1.43. The summed E-state index contributed by atoms with van der Waals surface area (Å²) in [5, 5.41) is 6.21. The minimum atomic E-state index is -1.73. The van der Waals surface area contributed by atoms with E-state index >= 15 is 0 Å². The first-order valence-electron chi connectivity index (χ1n) is 10.7. The topological polar surface area (TPSA) is 87.7 Å². The number of aryl methyl sites for hydroxylation is 1. The van der Waals surface area contributed by atoms with Gasteiger partial charge in [0.15, 0.2) is 0 Å². The van der Waals surface area contributed by atoms with E-state index in [2.05, 4.69) is 10.6 Å². The predicted octanol–water partition coefficient (Wildman–Crippen LogP) is 3.52. The Kier molecular flexibility index (Phi) is 5.75. The number of anilines is 2. The van der Waals surface area contributed by atoms with Gasteiger partial charge in [-0.1, -0.05) is 12.1 Å². The number of fused-ring (bicyclic) bond motifs is 2. The maximum atomic E-state index is 13.4. The number of para-hydroxylation sites is 2. The van der Waals surface area contributed by atoms with E-state index in [4.69, 9.17) is 4.74 Å². The van der Waals surface area contributed by atoms with Gasteiger partial charge in [-0.15, -0.1) is 11.3 Å². The van der Waals surface area contributed by atoms with Gasteiger partial charge in [-0.3, -0.25) is 14.4 Å². The van der Waals surface area contributed by atoms with Crippen molar-refractivity contribution in [1.82, 2.24) is 5.32 Å². The van der Waals surface area contributed by atoms with Crippen molar-refractivity contribution in [2.45, 2.75) is 52.1 Å². The lowest BCUT2D eigenvalue weighted by Gasteiger charge is -2.39. The molecule has 2 N–H and O–H groups in total. The van der Waals surface area contributed by atoms with Crippen LogP contribution >= 0.6 is 11.3 Å². The van der Waals surface area contributed by atoms with Crippen molar-refractivity contribution in [3.8, 4) is 5.75 Å². The average molecular weight is 442 g/mol. The molecule has 4 rings (SSSR count). The fourth-order valence-electron chi connectivity index (χ4n) is 4.22. The molecule has 1 unspecified atom stereocenters. The molecule has 0 bridgehead atoms. The Labute approximate surface area is 185 Å². The summed E-state index contributed by atoms with van der Waals surface area (Å²) < 4.78 is 5.95. The molecule has 3 amide bonds. The zero-order valence-electron chi connectivity index (χ0n) is 18.0. The van der Waals surface area contributed by atoms with Gasteiger partial charge in [-0.25, -0.2) is 0 Å². The molecular formula is C23H27N3O4S. The van der Waals surface area contributed by atoms with Crippen LogP contribution in [0.2, 0.25) is 0 Å². The zero-order chi connectivity index (χ0) is 22.2. The summed E-state index contributed by atoms with van der Waals surface area (Å²) in [4.78, 5) is 42.1. The lowest BCUT2D eigenvalue weighted by Crippen LogP contribution is -2.60. The average Bonchev–Trinajstić information content (AvgIpc) is 3.12. The minimum absolute atomic E-state index is 0.196. The fourth-order valence-corrected chi connectivity index (χ4v) is 5.50. The van der Waals surface area contributed by atoms with Gasteiger partial charge in [0, 0.05) is 18.0 Å². The zero-order valence-corrected chi connectivity index (χ0v) is 18.9. The second-order valence-corrected chi connectivity index (χ2v) is 8.99. The molecule has 1 aromatic carbocycles. The first-order chi connectivity index (χ1) is 14.9. The third-order valence-corrected chi connectivity index (χ3v) is 7.04. The molecule has 0 spiro atoms.